The number of piperazine rings is 1. The van der Waals surface area contributed by atoms with Crippen LogP contribution in [0.4, 0.5) is 0 Å². The predicted molar refractivity (Wildman–Crippen MR) is 135 cm³/mol. The van der Waals surface area contributed by atoms with Crippen LogP contribution < -0.4 is 10.6 Å². The Morgan fingerprint density at radius 3 is 2.61 bits per heavy atom. The molecule has 1 aliphatic heterocycles. The zero-order valence-corrected chi connectivity index (χ0v) is 21.0. The first-order valence-corrected chi connectivity index (χ1v) is 10.7. The number of aliphatic imine (C=N–C) groups is 1. The highest BCUT2D eigenvalue weighted by atomic mass is 127. The Bertz CT molecular complexity index is 830. The molecule has 0 saturated carbocycles. The maximum atomic E-state index is 12.0. The maximum Gasteiger partial charge on any atom is 0.234 e. The lowest BCUT2D eigenvalue weighted by Crippen LogP contribution is -2.54. The smallest absolute Gasteiger partial charge is 0.234 e. The first-order valence-electron chi connectivity index (χ1n) is 10.7. The summed E-state index contributed by atoms with van der Waals surface area (Å²) in [5, 5.41) is 10.7. The molecule has 0 bridgehead atoms. The summed E-state index contributed by atoms with van der Waals surface area (Å²) in [6.07, 6.45) is 3.72. The van der Waals surface area contributed by atoms with E-state index < -0.39 is 0 Å². The number of amides is 1. The second-order valence-corrected chi connectivity index (χ2v) is 7.78. The molecule has 9 heteroatoms. The van der Waals surface area contributed by atoms with Crippen molar-refractivity contribution in [2.24, 2.45) is 4.99 Å². The topological polar surface area (TPSA) is 77.8 Å². The lowest BCUT2D eigenvalue weighted by molar-refractivity contribution is -0.123. The van der Waals surface area contributed by atoms with Crippen molar-refractivity contribution in [3.63, 3.8) is 0 Å². The zero-order valence-electron chi connectivity index (χ0n) is 18.6. The highest BCUT2D eigenvalue weighted by Gasteiger charge is 2.21. The summed E-state index contributed by atoms with van der Waals surface area (Å²) in [6, 6.07) is 10.4. The van der Waals surface area contributed by atoms with Crippen LogP contribution in [-0.2, 0) is 11.3 Å². The van der Waals surface area contributed by atoms with Gasteiger partial charge in [-0.1, -0.05) is 12.1 Å². The monoisotopic (exact) mass is 539 g/mol. The van der Waals surface area contributed by atoms with E-state index in [1.54, 1.807) is 6.20 Å². The van der Waals surface area contributed by atoms with Crippen LogP contribution in [-0.4, -0.2) is 76.8 Å². The minimum Gasteiger partial charge on any atom is -0.357 e. The quantitative estimate of drug-likeness (QED) is 0.320. The molecule has 1 aliphatic rings. The molecule has 170 valence electrons. The number of nitrogens with zero attached hydrogens (tertiary/aromatic N) is 5. The first kappa shape index (κ1) is 25.1. The van der Waals surface area contributed by atoms with Crippen LogP contribution >= 0.6 is 24.0 Å². The maximum absolute atomic E-state index is 12.0. The third kappa shape index (κ3) is 7.80. The molecule has 1 amide bonds. The Labute approximate surface area is 202 Å². The second-order valence-electron chi connectivity index (χ2n) is 7.78. The Balaban J connectivity index is 0.00000341. The van der Waals surface area contributed by atoms with Gasteiger partial charge in [-0.2, -0.15) is 5.10 Å². The first-order chi connectivity index (χ1) is 14.5. The third-order valence-electron chi connectivity index (χ3n) is 4.91. The summed E-state index contributed by atoms with van der Waals surface area (Å²) in [7, 11) is 0. The minimum absolute atomic E-state index is 0. The Hall–Kier alpha value is -2.14. The van der Waals surface area contributed by atoms with E-state index in [9.17, 15) is 4.79 Å². The SMILES string of the molecule is CCNC(=NCc1cccc(-n2cccn2)c1)N1CCN(CC(=O)NC(C)C)CC1.I. The molecule has 2 aromatic rings. The Morgan fingerprint density at radius 2 is 1.97 bits per heavy atom. The number of hydrogen-bond donors (Lipinski definition) is 2. The molecular weight excluding hydrogens is 505 g/mol. The number of guanidine groups is 1. The van der Waals surface area contributed by atoms with Gasteiger partial charge in [-0.05, 0) is 44.5 Å². The van der Waals surface area contributed by atoms with Crippen molar-refractivity contribution in [3.05, 3.63) is 48.3 Å². The van der Waals surface area contributed by atoms with Crippen molar-refractivity contribution in [1.29, 1.82) is 0 Å². The van der Waals surface area contributed by atoms with Crippen molar-refractivity contribution in [2.75, 3.05) is 39.3 Å². The summed E-state index contributed by atoms with van der Waals surface area (Å²) in [5.41, 5.74) is 2.17. The van der Waals surface area contributed by atoms with E-state index >= 15 is 0 Å². The third-order valence-corrected chi connectivity index (χ3v) is 4.91. The molecule has 1 saturated heterocycles. The molecule has 0 unspecified atom stereocenters. The molecule has 0 radical (unpaired) electrons. The van der Waals surface area contributed by atoms with E-state index in [0.29, 0.717) is 13.1 Å². The van der Waals surface area contributed by atoms with Gasteiger partial charge in [-0.15, -0.1) is 24.0 Å². The molecular formula is C22H34IN7O. The molecule has 1 aromatic heterocycles. The summed E-state index contributed by atoms with van der Waals surface area (Å²) < 4.78 is 1.85. The van der Waals surface area contributed by atoms with E-state index in [2.05, 4.69) is 44.6 Å². The van der Waals surface area contributed by atoms with Crippen molar-refractivity contribution < 1.29 is 4.79 Å². The van der Waals surface area contributed by atoms with E-state index in [1.165, 1.54) is 0 Å². The number of hydrogen-bond acceptors (Lipinski definition) is 4. The number of carbonyl (C=O) groups is 1. The van der Waals surface area contributed by atoms with Crippen LogP contribution in [0.3, 0.4) is 0 Å². The van der Waals surface area contributed by atoms with Crippen molar-refractivity contribution in [3.8, 4) is 5.69 Å². The molecule has 1 fully saturated rings. The number of halogens is 1. The molecule has 3 rings (SSSR count). The van der Waals surface area contributed by atoms with Gasteiger partial charge >= 0.3 is 0 Å². The van der Waals surface area contributed by atoms with Gasteiger partial charge in [-0.3, -0.25) is 9.69 Å². The molecule has 1 aromatic carbocycles. The van der Waals surface area contributed by atoms with Crippen LogP contribution in [0.15, 0.2) is 47.7 Å². The summed E-state index contributed by atoms with van der Waals surface area (Å²) >= 11 is 0. The van der Waals surface area contributed by atoms with E-state index in [4.69, 9.17) is 4.99 Å². The Kier molecular flexibility index (Phi) is 10.3. The standard InChI is InChI=1S/C22H33N7O.HI/c1-4-23-22(28-13-11-27(12-14-28)17-21(30)26-18(2)3)24-16-19-7-5-8-20(15-19)29-10-6-9-25-29;/h5-10,15,18H,4,11-14,16-17H2,1-3H3,(H,23,24)(H,26,30);1H. The van der Waals surface area contributed by atoms with E-state index in [0.717, 1.165) is 49.9 Å². The molecule has 31 heavy (non-hydrogen) atoms. The Morgan fingerprint density at radius 1 is 1.19 bits per heavy atom. The molecule has 0 spiro atoms. The van der Waals surface area contributed by atoms with Crippen LogP contribution in [0.2, 0.25) is 0 Å². The van der Waals surface area contributed by atoms with Crippen LogP contribution in [0.1, 0.15) is 26.3 Å². The number of aromatic nitrogens is 2. The van der Waals surface area contributed by atoms with Gasteiger partial charge in [0.1, 0.15) is 0 Å². The van der Waals surface area contributed by atoms with Crippen molar-refractivity contribution in [2.45, 2.75) is 33.4 Å². The molecule has 0 atom stereocenters. The van der Waals surface area contributed by atoms with Gasteiger partial charge in [0, 0.05) is 51.2 Å². The fourth-order valence-corrected chi connectivity index (χ4v) is 3.50. The van der Waals surface area contributed by atoms with Gasteiger partial charge < -0.3 is 15.5 Å². The second kappa shape index (κ2) is 12.7. The summed E-state index contributed by atoms with van der Waals surface area (Å²) in [5.74, 6) is 1.02. The number of rotatable bonds is 7. The molecule has 8 nitrogen and oxygen atoms in total. The van der Waals surface area contributed by atoms with E-state index in [1.807, 2.05) is 42.9 Å². The average molecular weight is 539 g/mol. The van der Waals surface area contributed by atoms with Gasteiger partial charge in [0.15, 0.2) is 5.96 Å². The number of benzene rings is 1. The minimum atomic E-state index is 0. The van der Waals surface area contributed by atoms with Crippen LogP contribution in [0, 0.1) is 0 Å². The molecule has 2 heterocycles. The fraction of sp³-hybridized carbons (Fsp3) is 0.500. The van der Waals surface area contributed by atoms with Crippen molar-refractivity contribution in [1.82, 2.24) is 30.2 Å². The normalized spacial score (nSPS) is 15.0. The van der Waals surface area contributed by atoms with Crippen molar-refractivity contribution >= 4 is 35.8 Å². The van der Waals surface area contributed by atoms with Gasteiger partial charge in [0.2, 0.25) is 5.91 Å². The average Bonchev–Trinajstić information content (AvgIpc) is 3.26. The molecule has 0 aliphatic carbocycles. The fourth-order valence-electron chi connectivity index (χ4n) is 3.50. The van der Waals surface area contributed by atoms with Crippen LogP contribution in [0.5, 0.6) is 0 Å². The number of nitrogens with one attached hydrogen (secondary N) is 2. The molecule has 2 N–H and O–H groups in total. The summed E-state index contributed by atoms with van der Waals surface area (Å²) in [6.45, 7) is 11.4. The zero-order chi connectivity index (χ0) is 21.3. The highest BCUT2D eigenvalue weighted by molar-refractivity contribution is 14.0. The predicted octanol–water partition coefficient (Wildman–Crippen LogP) is 2.10. The van der Waals surface area contributed by atoms with Crippen LogP contribution in [0.25, 0.3) is 5.69 Å². The lowest BCUT2D eigenvalue weighted by atomic mass is 10.2. The van der Waals surface area contributed by atoms with Gasteiger partial charge in [-0.25, -0.2) is 9.67 Å². The lowest BCUT2D eigenvalue weighted by Gasteiger charge is -2.36. The van der Waals surface area contributed by atoms with E-state index in [-0.39, 0.29) is 35.9 Å². The summed E-state index contributed by atoms with van der Waals surface area (Å²) in [4.78, 5) is 21.3. The highest BCUT2D eigenvalue weighted by Crippen LogP contribution is 2.11. The number of carbonyl (C=O) groups excluding carboxylic acids is 1. The largest absolute Gasteiger partial charge is 0.357 e. The van der Waals surface area contributed by atoms with Gasteiger partial charge in [0.05, 0.1) is 18.8 Å². The van der Waals surface area contributed by atoms with Gasteiger partial charge in [0.25, 0.3) is 0 Å².